The molecule has 0 atom stereocenters. The molecule has 2 aromatic heterocycles. The maximum Gasteiger partial charge on any atom is 0.250 e. The number of rotatable bonds is 5. The third-order valence-corrected chi connectivity index (χ3v) is 4.79. The summed E-state index contributed by atoms with van der Waals surface area (Å²) in [5, 5.41) is 6.96. The Balaban J connectivity index is 1.74. The lowest BCUT2D eigenvalue weighted by Crippen LogP contribution is -2.09. The standard InChI is InChI=1S/C17H18N4O3S/c1-10-11(2)25-17-19-16(20-21(10)17)18-15(22)8-6-12-5-7-13(23-3)9-14(12)24-4/h5-9H,1-4H3,(H,18,20,22)/b8-6+. The minimum atomic E-state index is -0.314. The number of carbonyl (C=O) groups is 1. The van der Waals surface area contributed by atoms with E-state index in [0.29, 0.717) is 11.5 Å². The van der Waals surface area contributed by atoms with E-state index < -0.39 is 0 Å². The van der Waals surface area contributed by atoms with Crippen LogP contribution in [0.4, 0.5) is 5.95 Å². The van der Waals surface area contributed by atoms with Crippen LogP contribution in [-0.4, -0.2) is 34.7 Å². The molecule has 0 spiro atoms. The van der Waals surface area contributed by atoms with Crippen molar-refractivity contribution in [3.8, 4) is 11.5 Å². The SMILES string of the molecule is COc1ccc(/C=C/C(=O)Nc2nc3sc(C)c(C)n3n2)c(OC)c1. The summed E-state index contributed by atoms with van der Waals surface area (Å²) in [5.74, 6) is 1.28. The number of carbonyl (C=O) groups excluding carboxylic acids is 1. The normalized spacial score (nSPS) is 11.2. The fourth-order valence-electron chi connectivity index (χ4n) is 2.27. The van der Waals surface area contributed by atoms with Gasteiger partial charge in [0.1, 0.15) is 11.5 Å². The van der Waals surface area contributed by atoms with Crippen molar-refractivity contribution in [3.05, 3.63) is 40.4 Å². The monoisotopic (exact) mass is 358 g/mol. The molecular weight excluding hydrogens is 340 g/mol. The molecule has 0 aliphatic rings. The van der Waals surface area contributed by atoms with Crippen LogP contribution >= 0.6 is 11.3 Å². The Kier molecular flexibility index (Phi) is 4.71. The van der Waals surface area contributed by atoms with Crippen LogP contribution in [0.3, 0.4) is 0 Å². The van der Waals surface area contributed by atoms with E-state index in [-0.39, 0.29) is 11.9 Å². The van der Waals surface area contributed by atoms with Gasteiger partial charge in [-0.05, 0) is 32.1 Å². The largest absolute Gasteiger partial charge is 0.497 e. The van der Waals surface area contributed by atoms with Crippen LogP contribution in [0.15, 0.2) is 24.3 Å². The Hall–Kier alpha value is -2.87. The Morgan fingerprint density at radius 2 is 2.08 bits per heavy atom. The van der Waals surface area contributed by atoms with Gasteiger partial charge in [-0.3, -0.25) is 10.1 Å². The first-order chi connectivity index (χ1) is 12.0. The predicted octanol–water partition coefficient (Wildman–Crippen LogP) is 3.08. The van der Waals surface area contributed by atoms with E-state index >= 15 is 0 Å². The Bertz CT molecular complexity index is 958. The lowest BCUT2D eigenvalue weighted by Gasteiger charge is -2.07. The maximum atomic E-state index is 12.1. The molecule has 1 amide bonds. The molecule has 0 saturated heterocycles. The van der Waals surface area contributed by atoms with Crippen LogP contribution < -0.4 is 14.8 Å². The minimum Gasteiger partial charge on any atom is -0.497 e. The molecule has 0 aliphatic carbocycles. The highest BCUT2D eigenvalue weighted by Gasteiger charge is 2.11. The zero-order chi connectivity index (χ0) is 18.0. The number of hydrogen-bond acceptors (Lipinski definition) is 6. The molecule has 1 N–H and O–H groups in total. The van der Waals surface area contributed by atoms with Crippen molar-refractivity contribution in [1.29, 1.82) is 0 Å². The van der Waals surface area contributed by atoms with Crippen molar-refractivity contribution in [2.24, 2.45) is 0 Å². The van der Waals surface area contributed by atoms with E-state index in [4.69, 9.17) is 9.47 Å². The Morgan fingerprint density at radius 1 is 1.28 bits per heavy atom. The van der Waals surface area contributed by atoms with Crippen molar-refractivity contribution in [3.63, 3.8) is 0 Å². The fourth-order valence-corrected chi connectivity index (χ4v) is 3.17. The average Bonchev–Trinajstić information content (AvgIpc) is 3.11. The first-order valence-corrected chi connectivity index (χ1v) is 8.37. The molecule has 3 rings (SSSR count). The number of benzene rings is 1. The molecule has 7 nitrogen and oxygen atoms in total. The smallest absolute Gasteiger partial charge is 0.250 e. The second kappa shape index (κ2) is 6.94. The summed E-state index contributed by atoms with van der Waals surface area (Å²) in [6.45, 7) is 3.98. The van der Waals surface area contributed by atoms with Crippen LogP contribution in [0.2, 0.25) is 0 Å². The van der Waals surface area contributed by atoms with Gasteiger partial charge in [0.05, 0.1) is 19.9 Å². The lowest BCUT2D eigenvalue weighted by molar-refractivity contribution is -0.111. The van der Waals surface area contributed by atoms with Crippen molar-refractivity contribution in [2.45, 2.75) is 13.8 Å². The third kappa shape index (κ3) is 3.48. The van der Waals surface area contributed by atoms with E-state index in [1.807, 2.05) is 19.9 Å². The molecule has 0 fully saturated rings. The number of methoxy groups -OCH3 is 2. The summed E-state index contributed by atoms with van der Waals surface area (Å²) in [5.41, 5.74) is 1.79. The van der Waals surface area contributed by atoms with Crippen molar-refractivity contribution in [2.75, 3.05) is 19.5 Å². The quantitative estimate of drug-likeness (QED) is 0.709. The average molecular weight is 358 g/mol. The molecule has 2 heterocycles. The van der Waals surface area contributed by atoms with Crippen LogP contribution in [-0.2, 0) is 4.79 Å². The first kappa shape index (κ1) is 17.0. The van der Waals surface area contributed by atoms with Gasteiger partial charge in [-0.15, -0.1) is 5.10 Å². The van der Waals surface area contributed by atoms with Crippen LogP contribution in [0.5, 0.6) is 11.5 Å². The number of fused-ring (bicyclic) bond motifs is 1. The molecular formula is C17H18N4O3S. The summed E-state index contributed by atoms with van der Waals surface area (Å²) in [6.07, 6.45) is 3.08. The number of thiazole rings is 1. The molecule has 8 heteroatoms. The number of aromatic nitrogens is 3. The van der Waals surface area contributed by atoms with Crippen molar-refractivity contribution >= 4 is 34.2 Å². The molecule has 130 valence electrons. The zero-order valence-corrected chi connectivity index (χ0v) is 15.2. The highest BCUT2D eigenvalue weighted by Crippen LogP contribution is 2.25. The van der Waals surface area contributed by atoms with Crippen molar-refractivity contribution < 1.29 is 14.3 Å². The molecule has 3 aromatic rings. The number of ether oxygens (including phenoxy) is 2. The van der Waals surface area contributed by atoms with Gasteiger partial charge in [0, 0.05) is 22.6 Å². The molecule has 25 heavy (non-hydrogen) atoms. The number of hydrogen-bond donors (Lipinski definition) is 1. The van der Waals surface area contributed by atoms with E-state index in [0.717, 1.165) is 21.1 Å². The number of nitrogens with one attached hydrogen (secondary N) is 1. The summed E-state index contributed by atoms with van der Waals surface area (Å²) in [7, 11) is 3.15. The summed E-state index contributed by atoms with van der Waals surface area (Å²) >= 11 is 1.54. The second-order valence-corrected chi connectivity index (χ2v) is 6.49. The molecule has 0 aliphatic heterocycles. The zero-order valence-electron chi connectivity index (χ0n) is 14.4. The van der Waals surface area contributed by atoms with Gasteiger partial charge in [0.15, 0.2) is 0 Å². The van der Waals surface area contributed by atoms with Crippen LogP contribution in [0, 0.1) is 13.8 Å². The number of nitrogens with zero attached hydrogens (tertiary/aromatic N) is 3. The van der Waals surface area contributed by atoms with Gasteiger partial charge < -0.3 is 9.47 Å². The van der Waals surface area contributed by atoms with Gasteiger partial charge >= 0.3 is 0 Å². The molecule has 0 saturated carbocycles. The van der Waals surface area contributed by atoms with Crippen LogP contribution in [0.25, 0.3) is 11.0 Å². The van der Waals surface area contributed by atoms with Crippen LogP contribution in [0.1, 0.15) is 16.1 Å². The molecule has 0 unspecified atom stereocenters. The first-order valence-electron chi connectivity index (χ1n) is 7.55. The van der Waals surface area contributed by atoms with E-state index in [9.17, 15) is 4.79 Å². The Labute approximate surface area is 148 Å². The van der Waals surface area contributed by atoms with Gasteiger partial charge in [-0.1, -0.05) is 11.3 Å². The number of amides is 1. The topological polar surface area (TPSA) is 77.8 Å². The molecule has 0 radical (unpaired) electrons. The summed E-state index contributed by atoms with van der Waals surface area (Å²) < 4.78 is 12.2. The lowest BCUT2D eigenvalue weighted by atomic mass is 10.1. The second-order valence-electron chi connectivity index (χ2n) is 5.30. The van der Waals surface area contributed by atoms with Crippen molar-refractivity contribution in [1.82, 2.24) is 14.6 Å². The van der Waals surface area contributed by atoms with Gasteiger partial charge in [0.25, 0.3) is 11.9 Å². The fraction of sp³-hybridized carbons (Fsp3) is 0.235. The highest BCUT2D eigenvalue weighted by atomic mass is 32.1. The van der Waals surface area contributed by atoms with E-state index in [2.05, 4.69) is 15.4 Å². The molecule has 0 bridgehead atoms. The molecule has 1 aromatic carbocycles. The highest BCUT2D eigenvalue weighted by molar-refractivity contribution is 7.17. The number of anilines is 1. The Morgan fingerprint density at radius 3 is 2.76 bits per heavy atom. The summed E-state index contributed by atoms with van der Waals surface area (Å²) in [4.78, 5) is 18.3. The van der Waals surface area contributed by atoms with Gasteiger partial charge in [-0.25, -0.2) is 4.52 Å². The maximum absolute atomic E-state index is 12.1. The number of aryl methyl sites for hydroxylation is 2. The van der Waals surface area contributed by atoms with E-state index in [1.54, 1.807) is 36.9 Å². The van der Waals surface area contributed by atoms with E-state index in [1.165, 1.54) is 17.4 Å². The predicted molar refractivity (Wildman–Crippen MR) is 97.5 cm³/mol. The minimum absolute atomic E-state index is 0.283. The summed E-state index contributed by atoms with van der Waals surface area (Å²) in [6, 6.07) is 5.38. The van der Waals surface area contributed by atoms with Gasteiger partial charge in [-0.2, -0.15) is 4.98 Å². The third-order valence-electron chi connectivity index (χ3n) is 3.74. The van der Waals surface area contributed by atoms with Gasteiger partial charge in [0.2, 0.25) is 4.96 Å².